The van der Waals surface area contributed by atoms with Crippen LogP contribution in [0.25, 0.3) is 0 Å². The summed E-state index contributed by atoms with van der Waals surface area (Å²) in [5, 5.41) is 12.2. The van der Waals surface area contributed by atoms with E-state index in [0.717, 1.165) is 11.4 Å². The van der Waals surface area contributed by atoms with Gasteiger partial charge in [-0.1, -0.05) is 12.1 Å². The standard InChI is InChI=1S/C12H12N4O3/c17-6-5-16-8-4-2-1-3-7(8)13-9-10(16)14-12(19)15-11(9)18/h1-4,13,17H,5-6H2,(H2,14,15,18,19). The summed E-state index contributed by atoms with van der Waals surface area (Å²) in [5.41, 5.74) is 0.752. The smallest absolute Gasteiger partial charge is 0.327 e. The van der Waals surface area contributed by atoms with E-state index in [9.17, 15) is 9.59 Å². The van der Waals surface area contributed by atoms with Crippen LogP contribution in [-0.2, 0) is 0 Å². The number of aromatic amines is 2. The van der Waals surface area contributed by atoms with E-state index in [-0.39, 0.29) is 18.8 Å². The molecule has 2 aromatic rings. The third-order valence-electron chi connectivity index (χ3n) is 2.97. The van der Waals surface area contributed by atoms with Crippen molar-refractivity contribution in [3.63, 3.8) is 0 Å². The highest BCUT2D eigenvalue weighted by molar-refractivity contribution is 5.89. The molecule has 0 spiro atoms. The molecule has 0 amide bonds. The number of hydrogen-bond donors (Lipinski definition) is 4. The van der Waals surface area contributed by atoms with Gasteiger partial charge in [-0.2, -0.15) is 0 Å². The highest BCUT2D eigenvalue weighted by Crippen LogP contribution is 2.39. The first kappa shape index (κ1) is 11.5. The van der Waals surface area contributed by atoms with Gasteiger partial charge in [0.1, 0.15) is 11.5 Å². The molecular formula is C12H12N4O3. The molecule has 0 unspecified atom stereocenters. The number of para-hydroxylation sites is 2. The average molecular weight is 260 g/mol. The van der Waals surface area contributed by atoms with Crippen LogP contribution in [0.1, 0.15) is 0 Å². The molecule has 3 rings (SSSR count). The lowest BCUT2D eigenvalue weighted by Crippen LogP contribution is -2.34. The van der Waals surface area contributed by atoms with Gasteiger partial charge >= 0.3 is 5.69 Å². The Balaban J connectivity index is 2.25. The molecule has 0 atom stereocenters. The molecule has 0 saturated carbocycles. The van der Waals surface area contributed by atoms with Crippen molar-refractivity contribution in [1.29, 1.82) is 0 Å². The Hall–Kier alpha value is -2.54. The summed E-state index contributed by atoms with van der Waals surface area (Å²) in [7, 11) is 0. The van der Waals surface area contributed by atoms with Crippen molar-refractivity contribution in [3.8, 4) is 0 Å². The maximum Gasteiger partial charge on any atom is 0.327 e. The Kier molecular flexibility index (Phi) is 2.60. The fourth-order valence-electron chi connectivity index (χ4n) is 2.19. The summed E-state index contributed by atoms with van der Waals surface area (Å²) in [4.78, 5) is 29.7. The minimum Gasteiger partial charge on any atom is -0.395 e. The number of aliphatic hydroxyl groups excluding tert-OH is 1. The second kappa shape index (κ2) is 4.29. The Morgan fingerprint density at radius 3 is 2.74 bits per heavy atom. The van der Waals surface area contributed by atoms with Gasteiger partial charge in [0.05, 0.1) is 18.0 Å². The number of β-amino-alcohol motifs (C(OH)–C–C–N with tert-alkyl or cyclic N) is 1. The average Bonchev–Trinajstić information content (AvgIpc) is 2.40. The van der Waals surface area contributed by atoms with E-state index in [0.29, 0.717) is 5.82 Å². The number of hydrogen-bond acceptors (Lipinski definition) is 5. The van der Waals surface area contributed by atoms with Crippen molar-refractivity contribution in [3.05, 3.63) is 45.1 Å². The number of aliphatic hydroxyl groups is 1. The summed E-state index contributed by atoms with van der Waals surface area (Å²) in [5.74, 6) is 0.363. The number of rotatable bonds is 2. The molecule has 4 N–H and O–H groups in total. The Morgan fingerprint density at radius 1 is 1.16 bits per heavy atom. The Bertz CT molecular complexity index is 734. The number of nitrogens with one attached hydrogen (secondary N) is 3. The third kappa shape index (κ3) is 1.80. The minimum atomic E-state index is -0.576. The molecular weight excluding hydrogens is 248 g/mol. The first-order valence-electron chi connectivity index (χ1n) is 5.82. The molecule has 2 heterocycles. The van der Waals surface area contributed by atoms with E-state index in [1.165, 1.54) is 0 Å². The van der Waals surface area contributed by atoms with Gasteiger partial charge in [0.2, 0.25) is 0 Å². The molecule has 19 heavy (non-hydrogen) atoms. The van der Waals surface area contributed by atoms with Gasteiger partial charge in [-0.15, -0.1) is 0 Å². The van der Waals surface area contributed by atoms with Crippen LogP contribution in [0.5, 0.6) is 0 Å². The largest absolute Gasteiger partial charge is 0.395 e. The third-order valence-corrected chi connectivity index (χ3v) is 2.97. The van der Waals surface area contributed by atoms with Crippen LogP contribution in [-0.4, -0.2) is 28.2 Å². The predicted octanol–water partition coefficient (Wildman–Crippen LogP) is 0.251. The number of H-pyrrole nitrogens is 2. The molecule has 7 nitrogen and oxygen atoms in total. The van der Waals surface area contributed by atoms with Crippen molar-refractivity contribution in [2.75, 3.05) is 23.4 Å². The van der Waals surface area contributed by atoms with Crippen LogP contribution in [0.2, 0.25) is 0 Å². The van der Waals surface area contributed by atoms with Gasteiger partial charge in [0, 0.05) is 6.54 Å². The summed E-state index contributed by atoms with van der Waals surface area (Å²) < 4.78 is 0. The number of benzene rings is 1. The number of nitrogens with zero attached hydrogens (tertiary/aromatic N) is 1. The maximum atomic E-state index is 11.8. The molecule has 0 saturated heterocycles. The summed E-state index contributed by atoms with van der Waals surface area (Å²) in [6.45, 7) is 0.188. The molecule has 0 aliphatic carbocycles. The molecule has 1 aromatic heterocycles. The normalized spacial score (nSPS) is 12.6. The molecule has 1 aliphatic rings. The van der Waals surface area contributed by atoms with Crippen LogP contribution >= 0.6 is 0 Å². The number of aromatic nitrogens is 2. The Labute approximate surface area is 107 Å². The van der Waals surface area contributed by atoms with Crippen LogP contribution in [0.3, 0.4) is 0 Å². The number of fused-ring (bicyclic) bond motifs is 2. The van der Waals surface area contributed by atoms with Gasteiger partial charge in [-0.05, 0) is 12.1 Å². The first-order chi connectivity index (χ1) is 9.20. The van der Waals surface area contributed by atoms with E-state index in [2.05, 4.69) is 15.3 Å². The van der Waals surface area contributed by atoms with Gasteiger partial charge in [-0.3, -0.25) is 14.8 Å². The van der Waals surface area contributed by atoms with Crippen LogP contribution in [0, 0.1) is 0 Å². The molecule has 0 radical (unpaired) electrons. The molecule has 7 heteroatoms. The molecule has 0 bridgehead atoms. The van der Waals surface area contributed by atoms with E-state index >= 15 is 0 Å². The van der Waals surface area contributed by atoms with E-state index in [4.69, 9.17) is 5.11 Å². The summed E-state index contributed by atoms with van der Waals surface area (Å²) in [6.07, 6.45) is 0. The lowest BCUT2D eigenvalue weighted by atomic mass is 10.2. The quantitative estimate of drug-likeness (QED) is 0.620. The first-order valence-corrected chi connectivity index (χ1v) is 5.82. The lowest BCUT2D eigenvalue weighted by Gasteiger charge is -2.31. The van der Waals surface area contributed by atoms with E-state index in [1.807, 2.05) is 24.3 Å². The monoisotopic (exact) mass is 260 g/mol. The molecule has 0 fully saturated rings. The summed E-state index contributed by atoms with van der Waals surface area (Å²) in [6, 6.07) is 7.36. The fourth-order valence-corrected chi connectivity index (χ4v) is 2.19. The second-order valence-electron chi connectivity index (χ2n) is 4.15. The maximum absolute atomic E-state index is 11.8. The highest BCUT2D eigenvalue weighted by atomic mass is 16.3. The van der Waals surface area contributed by atoms with Crippen molar-refractivity contribution in [2.45, 2.75) is 0 Å². The van der Waals surface area contributed by atoms with Gasteiger partial charge < -0.3 is 15.3 Å². The Morgan fingerprint density at radius 2 is 1.95 bits per heavy atom. The van der Waals surface area contributed by atoms with Crippen molar-refractivity contribution in [2.24, 2.45) is 0 Å². The number of anilines is 4. The zero-order valence-corrected chi connectivity index (χ0v) is 9.93. The van der Waals surface area contributed by atoms with E-state index in [1.54, 1.807) is 4.90 Å². The molecule has 1 aromatic carbocycles. The van der Waals surface area contributed by atoms with Gasteiger partial charge in [0.15, 0.2) is 0 Å². The highest BCUT2D eigenvalue weighted by Gasteiger charge is 2.24. The van der Waals surface area contributed by atoms with Gasteiger partial charge in [0.25, 0.3) is 5.56 Å². The minimum absolute atomic E-state index is 0.0946. The zero-order valence-electron chi connectivity index (χ0n) is 9.93. The fraction of sp³-hybridized carbons (Fsp3) is 0.167. The van der Waals surface area contributed by atoms with E-state index < -0.39 is 11.2 Å². The second-order valence-corrected chi connectivity index (χ2v) is 4.15. The molecule has 98 valence electrons. The van der Waals surface area contributed by atoms with Crippen molar-refractivity contribution < 1.29 is 5.11 Å². The van der Waals surface area contributed by atoms with Crippen LogP contribution in [0.15, 0.2) is 33.9 Å². The van der Waals surface area contributed by atoms with Crippen molar-refractivity contribution >= 4 is 22.9 Å². The zero-order chi connectivity index (χ0) is 13.4. The molecule has 1 aliphatic heterocycles. The van der Waals surface area contributed by atoms with Crippen LogP contribution < -0.4 is 21.5 Å². The SMILES string of the molecule is O=c1[nH]c2c(c(=O)[nH]1)Nc1ccccc1N2CCO. The predicted molar refractivity (Wildman–Crippen MR) is 71.5 cm³/mol. The van der Waals surface area contributed by atoms with Gasteiger partial charge in [-0.25, -0.2) is 4.79 Å². The van der Waals surface area contributed by atoms with Crippen molar-refractivity contribution in [1.82, 2.24) is 9.97 Å². The lowest BCUT2D eigenvalue weighted by molar-refractivity contribution is 0.305. The topological polar surface area (TPSA) is 101 Å². The summed E-state index contributed by atoms with van der Waals surface area (Å²) >= 11 is 0. The van der Waals surface area contributed by atoms with Crippen LogP contribution in [0.4, 0.5) is 22.9 Å².